The summed E-state index contributed by atoms with van der Waals surface area (Å²) in [5.74, 6) is -0.383. The number of hydrogen-bond acceptors (Lipinski definition) is 6. The fraction of sp³-hybridized carbons (Fsp3) is 0.417. The Labute approximate surface area is 256 Å². The highest BCUT2D eigenvalue weighted by Gasteiger charge is 2.27. The zero-order chi connectivity index (χ0) is 31.8. The van der Waals surface area contributed by atoms with E-state index in [-0.39, 0.29) is 22.8 Å². The zero-order valence-electron chi connectivity index (χ0n) is 26.9. The number of esters is 2. The lowest BCUT2D eigenvalue weighted by Gasteiger charge is -2.29. The normalized spacial score (nSPS) is 11.9. The maximum absolute atomic E-state index is 12.5. The van der Waals surface area contributed by atoms with Crippen LogP contribution in [-0.2, 0) is 26.8 Å². The van der Waals surface area contributed by atoms with Crippen molar-refractivity contribution in [3.8, 4) is 5.75 Å². The highest BCUT2D eigenvalue weighted by molar-refractivity contribution is 5.91. The molecule has 0 atom stereocenters. The van der Waals surface area contributed by atoms with Crippen molar-refractivity contribution in [2.24, 2.45) is 4.99 Å². The molecule has 0 saturated heterocycles. The summed E-state index contributed by atoms with van der Waals surface area (Å²) in [4.78, 5) is 31.3. The molecule has 0 unspecified atom stereocenters. The van der Waals surface area contributed by atoms with Crippen LogP contribution in [0.15, 0.2) is 65.7 Å². The van der Waals surface area contributed by atoms with Gasteiger partial charge in [-0.05, 0) is 102 Å². The smallest absolute Gasteiger partial charge is 0.338 e. The minimum atomic E-state index is -0.371. The van der Waals surface area contributed by atoms with Crippen molar-refractivity contribution in [2.45, 2.75) is 85.6 Å². The van der Waals surface area contributed by atoms with Crippen molar-refractivity contribution in [1.82, 2.24) is 0 Å². The number of carbonyl (C=O) groups excluding carboxylic acids is 2. The average molecular weight is 587 g/mol. The fourth-order valence-corrected chi connectivity index (χ4v) is 4.54. The molecule has 3 aromatic carbocycles. The third kappa shape index (κ3) is 9.18. The maximum atomic E-state index is 12.5. The quantitative estimate of drug-likeness (QED) is 0.105. The number of benzene rings is 3. The van der Waals surface area contributed by atoms with E-state index in [2.05, 4.69) is 60.6 Å². The van der Waals surface area contributed by atoms with Crippen molar-refractivity contribution in [1.29, 1.82) is 0 Å². The second-order valence-electron chi connectivity index (χ2n) is 12.7. The number of phenolic OH excluding ortho intramolecular Hbond substituents is 1. The van der Waals surface area contributed by atoms with Gasteiger partial charge in [-0.15, -0.1) is 0 Å². The van der Waals surface area contributed by atoms with Crippen LogP contribution in [-0.4, -0.2) is 36.6 Å². The lowest BCUT2D eigenvalue weighted by atomic mass is 9.78. The van der Waals surface area contributed by atoms with Gasteiger partial charge in [0.15, 0.2) is 0 Å². The van der Waals surface area contributed by atoms with E-state index >= 15 is 0 Å². The van der Waals surface area contributed by atoms with E-state index in [1.165, 1.54) is 0 Å². The van der Waals surface area contributed by atoms with E-state index < -0.39 is 0 Å². The highest BCUT2D eigenvalue weighted by Crippen LogP contribution is 2.40. The summed E-state index contributed by atoms with van der Waals surface area (Å²) in [5.41, 5.74) is 4.70. The van der Waals surface area contributed by atoms with Crippen LogP contribution < -0.4 is 4.90 Å². The molecule has 230 valence electrons. The number of nitrogens with zero attached hydrogens (tertiary/aromatic N) is 2. The van der Waals surface area contributed by atoms with E-state index in [4.69, 9.17) is 14.5 Å². The molecule has 0 aromatic heterocycles. The Morgan fingerprint density at radius 1 is 0.814 bits per heavy atom. The second-order valence-corrected chi connectivity index (χ2v) is 12.7. The van der Waals surface area contributed by atoms with Gasteiger partial charge in [-0.3, -0.25) is 0 Å². The molecular weight excluding hydrogens is 540 g/mol. The molecule has 0 spiro atoms. The predicted molar refractivity (Wildman–Crippen MR) is 174 cm³/mol. The van der Waals surface area contributed by atoms with Gasteiger partial charge in [0.1, 0.15) is 5.75 Å². The molecule has 0 aliphatic heterocycles. The van der Waals surface area contributed by atoms with Gasteiger partial charge in [-0.2, -0.15) is 0 Å². The van der Waals surface area contributed by atoms with Gasteiger partial charge in [0.2, 0.25) is 0 Å². The predicted octanol–water partition coefficient (Wildman–Crippen LogP) is 8.49. The van der Waals surface area contributed by atoms with Crippen molar-refractivity contribution < 1.29 is 24.2 Å². The fourth-order valence-electron chi connectivity index (χ4n) is 4.54. The van der Waals surface area contributed by atoms with Crippen LogP contribution in [0, 0.1) is 0 Å². The van der Waals surface area contributed by atoms with Crippen molar-refractivity contribution in [3.63, 3.8) is 0 Å². The van der Waals surface area contributed by atoms with Crippen LogP contribution >= 0.6 is 0 Å². The van der Waals surface area contributed by atoms with Crippen molar-refractivity contribution >= 4 is 29.7 Å². The number of aliphatic imine (C=N–C) groups is 1. The number of hydrogen-bond donors (Lipinski definition) is 1. The summed E-state index contributed by atoms with van der Waals surface area (Å²) in [6.45, 7) is 17.6. The standard InChI is InChI=1S/C36H46N2O5/c1-9-11-20-43-34(41)27-14-18-29(19-15-27)38(24-37-28-16-12-26(13-17-28)33(40)42-10-2)23-25-21-30(35(3,4)5)32(39)31(22-25)36(6,7)8/h12-19,21-22,24,39H,9-11,20,23H2,1-8H3. The molecule has 0 radical (unpaired) electrons. The minimum absolute atomic E-state index is 0.264. The molecule has 0 amide bonds. The Bertz CT molecular complexity index is 1380. The summed E-state index contributed by atoms with van der Waals surface area (Å²) >= 11 is 0. The second kappa shape index (κ2) is 14.4. The Balaban J connectivity index is 2.01. The Hall–Kier alpha value is -4.13. The molecule has 0 saturated carbocycles. The highest BCUT2D eigenvalue weighted by atomic mass is 16.5. The van der Waals surface area contributed by atoms with Gasteiger partial charge >= 0.3 is 11.9 Å². The van der Waals surface area contributed by atoms with Gasteiger partial charge in [0.05, 0.1) is 36.4 Å². The number of carbonyl (C=O) groups is 2. The molecule has 0 aliphatic carbocycles. The van der Waals surface area contributed by atoms with E-state index in [1.807, 2.05) is 17.0 Å². The van der Waals surface area contributed by atoms with Crippen LogP contribution in [0.3, 0.4) is 0 Å². The van der Waals surface area contributed by atoms with Gasteiger partial charge < -0.3 is 19.5 Å². The number of anilines is 1. The van der Waals surface area contributed by atoms with E-state index in [0.29, 0.717) is 42.3 Å². The zero-order valence-corrected chi connectivity index (χ0v) is 26.9. The monoisotopic (exact) mass is 586 g/mol. The minimum Gasteiger partial charge on any atom is -0.507 e. The molecule has 1 N–H and O–H groups in total. The van der Waals surface area contributed by atoms with Gasteiger partial charge in [-0.1, -0.05) is 54.9 Å². The first kappa shape index (κ1) is 33.4. The van der Waals surface area contributed by atoms with Crippen LogP contribution in [0.4, 0.5) is 11.4 Å². The molecule has 7 heteroatoms. The van der Waals surface area contributed by atoms with Gasteiger partial charge in [-0.25, -0.2) is 14.6 Å². The van der Waals surface area contributed by atoms with E-state index in [0.717, 1.165) is 35.2 Å². The Morgan fingerprint density at radius 2 is 1.33 bits per heavy atom. The van der Waals surface area contributed by atoms with Crippen molar-refractivity contribution in [3.05, 3.63) is 88.5 Å². The first-order valence-corrected chi connectivity index (χ1v) is 15.0. The van der Waals surface area contributed by atoms with E-state index in [9.17, 15) is 14.7 Å². The lowest BCUT2D eigenvalue weighted by molar-refractivity contribution is 0.0496. The average Bonchev–Trinajstić information content (AvgIpc) is 2.95. The number of ether oxygens (including phenoxy) is 2. The first-order valence-electron chi connectivity index (χ1n) is 15.0. The largest absolute Gasteiger partial charge is 0.507 e. The van der Waals surface area contributed by atoms with Gasteiger partial charge in [0, 0.05) is 12.2 Å². The van der Waals surface area contributed by atoms with Crippen molar-refractivity contribution in [2.75, 3.05) is 18.1 Å². The number of rotatable bonds is 11. The Kier molecular flexibility index (Phi) is 11.1. The molecule has 0 aliphatic rings. The topological polar surface area (TPSA) is 88.4 Å². The molecule has 43 heavy (non-hydrogen) atoms. The number of phenols is 1. The summed E-state index contributed by atoms with van der Waals surface area (Å²) in [6, 6.07) is 18.3. The molecule has 0 bridgehead atoms. The lowest BCUT2D eigenvalue weighted by Crippen LogP contribution is -2.23. The molecule has 3 rings (SSSR count). The molecular formula is C36H46N2O5. The third-order valence-corrected chi connectivity index (χ3v) is 7.03. The van der Waals surface area contributed by atoms with E-state index in [1.54, 1.807) is 49.7 Å². The third-order valence-electron chi connectivity index (χ3n) is 7.03. The van der Waals surface area contributed by atoms with Gasteiger partial charge in [0.25, 0.3) is 0 Å². The number of aromatic hydroxyl groups is 1. The molecule has 0 fully saturated rings. The van der Waals surface area contributed by atoms with Crippen LogP contribution in [0.1, 0.15) is 106 Å². The summed E-state index contributed by atoms with van der Waals surface area (Å²) in [7, 11) is 0. The van der Waals surface area contributed by atoms with Crippen LogP contribution in [0.25, 0.3) is 0 Å². The summed E-state index contributed by atoms with van der Waals surface area (Å²) in [5, 5.41) is 11.2. The first-order chi connectivity index (χ1) is 20.2. The molecule has 7 nitrogen and oxygen atoms in total. The van der Waals surface area contributed by atoms with Crippen LogP contribution in [0.2, 0.25) is 0 Å². The molecule has 0 heterocycles. The Morgan fingerprint density at radius 3 is 1.81 bits per heavy atom. The number of unbranched alkanes of at least 4 members (excludes halogenated alkanes) is 1. The van der Waals surface area contributed by atoms with Crippen LogP contribution in [0.5, 0.6) is 5.75 Å². The molecule has 3 aromatic rings. The maximum Gasteiger partial charge on any atom is 0.338 e. The SMILES string of the molecule is CCCCOC(=O)c1ccc(N(C=Nc2ccc(C(=O)OCC)cc2)Cc2cc(C(C)(C)C)c(O)c(C(C)(C)C)c2)cc1. The summed E-state index contributed by atoms with van der Waals surface area (Å²) in [6.07, 6.45) is 3.53. The summed E-state index contributed by atoms with van der Waals surface area (Å²) < 4.78 is 10.5.